The highest BCUT2D eigenvalue weighted by molar-refractivity contribution is 7.89. The largest absolute Gasteiger partial charge is 0.449 e. The molecule has 1 atom stereocenters. The molecule has 3 N–H and O–H groups in total. The number of hydrogen-bond acceptors (Lipinski definition) is 5. The number of nitrogens with one attached hydrogen (secondary N) is 1. The van der Waals surface area contributed by atoms with Crippen molar-refractivity contribution in [2.45, 2.75) is 17.9 Å². The van der Waals surface area contributed by atoms with Gasteiger partial charge in [0, 0.05) is 5.02 Å². The molecule has 0 saturated heterocycles. The molecule has 0 aromatic heterocycles. The molecular formula is C16H14Cl2N2O5S. The van der Waals surface area contributed by atoms with Crippen LogP contribution in [0.15, 0.2) is 47.4 Å². The fourth-order valence-corrected chi connectivity index (χ4v) is 2.86. The molecule has 2 rings (SSSR count). The highest BCUT2D eigenvalue weighted by atomic mass is 35.5. The number of carbonyl (C=O) groups excluding carboxylic acids is 2. The zero-order valence-electron chi connectivity index (χ0n) is 13.4. The minimum atomic E-state index is -3.86. The molecule has 2 aromatic rings. The Hall–Kier alpha value is -2.13. The van der Waals surface area contributed by atoms with E-state index in [1.807, 2.05) is 0 Å². The summed E-state index contributed by atoms with van der Waals surface area (Å²) in [5.41, 5.74) is 0.392. The van der Waals surface area contributed by atoms with Crippen LogP contribution in [0.5, 0.6) is 0 Å². The third kappa shape index (κ3) is 5.18. The van der Waals surface area contributed by atoms with Crippen LogP contribution < -0.4 is 10.5 Å². The second-order valence-electron chi connectivity index (χ2n) is 5.23. The van der Waals surface area contributed by atoms with Crippen molar-refractivity contribution in [2.24, 2.45) is 5.14 Å². The molecule has 0 saturated carbocycles. The number of hydrogen-bond donors (Lipinski definition) is 2. The Bertz CT molecular complexity index is 946. The molecule has 0 aliphatic carbocycles. The lowest BCUT2D eigenvalue weighted by Crippen LogP contribution is -2.30. The lowest BCUT2D eigenvalue weighted by molar-refractivity contribution is -0.123. The van der Waals surface area contributed by atoms with Gasteiger partial charge in [0.05, 0.1) is 21.2 Å². The van der Waals surface area contributed by atoms with Crippen molar-refractivity contribution in [1.82, 2.24) is 0 Å². The monoisotopic (exact) mass is 416 g/mol. The smallest absolute Gasteiger partial charge is 0.338 e. The number of halogens is 2. The predicted molar refractivity (Wildman–Crippen MR) is 97.8 cm³/mol. The van der Waals surface area contributed by atoms with Crippen molar-refractivity contribution in [2.75, 3.05) is 5.32 Å². The first-order chi connectivity index (χ1) is 12.1. The molecule has 0 bridgehead atoms. The van der Waals surface area contributed by atoms with Gasteiger partial charge < -0.3 is 10.1 Å². The van der Waals surface area contributed by atoms with Gasteiger partial charge in [0.2, 0.25) is 10.0 Å². The zero-order valence-corrected chi connectivity index (χ0v) is 15.7. The lowest BCUT2D eigenvalue weighted by atomic mass is 10.2. The fraction of sp³-hybridized carbons (Fsp3) is 0.125. The van der Waals surface area contributed by atoms with Crippen LogP contribution in [0.25, 0.3) is 0 Å². The maximum absolute atomic E-state index is 12.1. The van der Waals surface area contributed by atoms with Crippen LogP contribution in [-0.2, 0) is 19.6 Å². The van der Waals surface area contributed by atoms with Crippen molar-refractivity contribution < 1.29 is 22.7 Å². The molecule has 1 amide bonds. The fourth-order valence-electron chi connectivity index (χ4n) is 1.89. The van der Waals surface area contributed by atoms with Crippen LogP contribution in [0.3, 0.4) is 0 Å². The van der Waals surface area contributed by atoms with Gasteiger partial charge in [-0.05, 0) is 49.4 Å². The number of nitrogens with two attached hydrogens (primary N) is 1. The molecule has 0 unspecified atom stereocenters. The van der Waals surface area contributed by atoms with Gasteiger partial charge in [-0.2, -0.15) is 0 Å². The molecule has 0 fully saturated rings. The number of carbonyl (C=O) groups is 2. The Labute approximate surface area is 160 Å². The minimum absolute atomic E-state index is 0.0709. The number of esters is 1. The van der Waals surface area contributed by atoms with Gasteiger partial charge >= 0.3 is 5.97 Å². The molecule has 138 valence electrons. The highest BCUT2D eigenvalue weighted by Crippen LogP contribution is 2.25. The number of benzene rings is 2. The van der Waals surface area contributed by atoms with Gasteiger partial charge in [-0.3, -0.25) is 4.79 Å². The number of primary sulfonamides is 1. The zero-order chi connectivity index (χ0) is 19.5. The highest BCUT2D eigenvalue weighted by Gasteiger charge is 2.20. The van der Waals surface area contributed by atoms with Gasteiger partial charge in [-0.1, -0.05) is 23.2 Å². The summed E-state index contributed by atoms with van der Waals surface area (Å²) in [6.07, 6.45) is -1.12. The Morgan fingerprint density at radius 1 is 1.12 bits per heavy atom. The van der Waals surface area contributed by atoms with E-state index in [1.54, 1.807) is 6.07 Å². The quantitative estimate of drug-likeness (QED) is 0.726. The Balaban J connectivity index is 2.02. The van der Waals surface area contributed by atoms with E-state index in [-0.39, 0.29) is 15.5 Å². The van der Waals surface area contributed by atoms with E-state index in [1.165, 1.54) is 43.3 Å². The van der Waals surface area contributed by atoms with E-state index < -0.39 is 28.0 Å². The van der Waals surface area contributed by atoms with Gasteiger partial charge in [0.25, 0.3) is 5.91 Å². The SMILES string of the molecule is C[C@H](OC(=O)c1ccc(S(N)(=O)=O)cc1)C(=O)Nc1ccc(Cl)cc1Cl. The van der Waals surface area contributed by atoms with Crippen molar-refractivity contribution in [3.63, 3.8) is 0 Å². The summed E-state index contributed by atoms with van der Waals surface area (Å²) in [7, 11) is -3.86. The summed E-state index contributed by atoms with van der Waals surface area (Å²) in [4.78, 5) is 24.0. The molecule has 10 heteroatoms. The summed E-state index contributed by atoms with van der Waals surface area (Å²) in [5.74, 6) is -1.39. The van der Waals surface area contributed by atoms with Crippen molar-refractivity contribution in [3.8, 4) is 0 Å². The van der Waals surface area contributed by atoms with Gasteiger partial charge in [0.1, 0.15) is 0 Å². The molecule has 7 nitrogen and oxygen atoms in total. The molecule has 0 radical (unpaired) electrons. The summed E-state index contributed by atoms with van der Waals surface area (Å²) in [6.45, 7) is 1.38. The molecule has 0 heterocycles. The van der Waals surface area contributed by atoms with E-state index in [4.69, 9.17) is 33.1 Å². The average Bonchev–Trinajstić information content (AvgIpc) is 2.56. The number of sulfonamides is 1. The second kappa shape index (κ2) is 8.05. The van der Waals surface area contributed by atoms with Gasteiger partial charge in [-0.25, -0.2) is 18.4 Å². The van der Waals surface area contributed by atoms with Crippen molar-refractivity contribution in [1.29, 1.82) is 0 Å². The topological polar surface area (TPSA) is 116 Å². The van der Waals surface area contributed by atoms with E-state index in [2.05, 4.69) is 5.32 Å². The minimum Gasteiger partial charge on any atom is -0.449 e. The third-order valence-electron chi connectivity index (χ3n) is 3.26. The van der Waals surface area contributed by atoms with Crippen molar-refractivity contribution in [3.05, 3.63) is 58.1 Å². The van der Waals surface area contributed by atoms with Crippen LogP contribution >= 0.6 is 23.2 Å². The Morgan fingerprint density at radius 2 is 1.73 bits per heavy atom. The van der Waals surface area contributed by atoms with Crippen molar-refractivity contribution >= 4 is 50.8 Å². The lowest BCUT2D eigenvalue weighted by Gasteiger charge is -2.14. The summed E-state index contributed by atoms with van der Waals surface area (Å²) >= 11 is 11.7. The molecule has 0 aliphatic rings. The molecule has 2 aromatic carbocycles. The predicted octanol–water partition coefficient (Wildman–Crippen LogP) is 2.82. The first-order valence-electron chi connectivity index (χ1n) is 7.17. The van der Waals surface area contributed by atoms with E-state index in [0.29, 0.717) is 10.7 Å². The first-order valence-corrected chi connectivity index (χ1v) is 9.48. The van der Waals surface area contributed by atoms with Crippen LogP contribution in [0.2, 0.25) is 10.0 Å². The first kappa shape index (κ1) is 20.2. The average molecular weight is 417 g/mol. The molecule has 0 spiro atoms. The number of anilines is 1. The van der Waals surface area contributed by atoms with Crippen LogP contribution in [-0.4, -0.2) is 26.4 Å². The van der Waals surface area contributed by atoms with E-state index >= 15 is 0 Å². The maximum Gasteiger partial charge on any atom is 0.338 e. The van der Waals surface area contributed by atoms with Gasteiger partial charge in [0.15, 0.2) is 6.10 Å². The number of amides is 1. The standard InChI is InChI=1S/C16H14Cl2N2O5S/c1-9(15(21)20-14-7-4-11(17)8-13(14)18)25-16(22)10-2-5-12(6-3-10)26(19,23)24/h2-9H,1H3,(H,20,21)(H2,19,23,24)/t9-/m0/s1. The summed E-state index contributed by atoms with van der Waals surface area (Å²) in [5, 5.41) is 8.15. The number of ether oxygens (including phenoxy) is 1. The van der Waals surface area contributed by atoms with E-state index in [9.17, 15) is 18.0 Å². The van der Waals surface area contributed by atoms with Crippen LogP contribution in [0, 0.1) is 0 Å². The second-order valence-corrected chi connectivity index (χ2v) is 7.64. The molecule has 26 heavy (non-hydrogen) atoms. The molecular weight excluding hydrogens is 403 g/mol. The Morgan fingerprint density at radius 3 is 2.27 bits per heavy atom. The van der Waals surface area contributed by atoms with Crippen LogP contribution in [0.1, 0.15) is 17.3 Å². The Kier molecular flexibility index (Phi) is 6.25. The van der Waals surface area contributed by atoms with Gasteiger partial charge in [-0.15, -0.1) is 0 Å². The number of rotatable bonds is 5. The molecule has 0 aliphatic heterocycles. The van der Waals surface area contributed by atoms with Crippen LogP contribution in [0.4, 0.5) is 5.69 Å². The summed E-state index contributed by atoms with van der Waals surface area (Å²) in [6, 6.07) is 9.35. The summed E-state index contributed by atoms with van der Waals surface area (Å²) < 4.78 is 27.4. The van der Waals surface area contributed by atoms with E-state index in [0.717, 1.165) is 0 Å². The third-order valence-corrected chi connectivity index (χ3v) is 4.74. The maximum atomic E-state index is 12.1. The normalized spacial score (nSPS) is 12.3.